The van der Waals surface area contributed by atoms with Crippen molar-refractivity contribution in [1.82, 2.24) is 5.32 Å². The number of rotatable bonds is 6. The zero-order chi connectivity index (χ0) is 12.2. The topological polar surface area (TPSA) is 46.2 Å². The van der Waals surface area contributed by atoms with Crippen LogP contribution in [0.25, 0.3) is 0 Å². The molecule has 1 N–H and O–H groups in total. The molecule has 0 saturated carbocycles. The minimum absolute atomic E-state index is 0.276. The van der Waals surface area contributed by atoms with E-state index >= 15 is 0 Å². The van der Waals surface area contributed by atoms with Crippen molar-refractivity contribution in [3.8, 4) is 0 Å². The highest BCUT2D eigenvalue weighted by Gasteiger charge is 2.29. The molecule has 94 valence electrons. The first-order valence-corrected chi connectivity index (χ1v) is 7.86. The van der Waals surface area contributed by atoms with E-state index in [4.69, 9.17) is 0 Å². The van der Waals surface area contributed by atoms with Crippen molar-refractivity contribution in [2.24, 2.45) is 5.92 Å². The van der Waals surface area contributed by atoms with Crippen LogP contribution in [-0.4, -0.2) is 32.5 Å². The molecule has 16 heavy (non-hydrogen) atoms. The molecule has 0 amide bonds. The molecule has 0 bridgehead atoms. The molecule has 0 aliphatic carbocycles. The molecule has 1 aliphatic heterocycles. The van der Waals surface area contributed by atoms with Gasteiger partial charge in [0, 0.05) is 6.04 Å². The van der Waals surface area contributed by atoms with Crippen molar-refractivity contribution in [2.45, 2.75) is 39.2 Å². The second-order valence-electron chi connectivity index (χ2n) is 4.86. The van der Waals surface area contributed by atoms with Gasteiger partial charge in [0.1, 0.15) is 0 Å². The van der Waals surface area contributed by atoms with Crippen molar-refractivity contribution >= 4 is 9.84 Å². The van der Waals surface area contributed by atoms with Gasteiger partial charge < -0.3 is 5.32 Å². The third-order valence-corrected chi connectivity index (χ3v) is 4.97. The van der Waals surface area contributed by atoms with Gasteiger partial charge in [0.15, 0.2) is 9.84 Å². The zero-order valence-electron chi connectivity index (χ0n) is 10.3. The van der Waals surface area contributed by atoms with E-state index in [0.29, 0.717) is 17.4 Å². The molecule has 1 rings (SSSR count). The van der Waals surface area contributed by atoms with E-state index in [2.05, 4.69) is 18.8 Å². The summed E-state index contributed by atoms with van der Waals surface area (Å²) in [5.74, 6) is 1.05. The van der Waals surface area contributed by atoms with Crippen LogP contribution in [0.4, 0.5) is 0 Å². The van der Waals surface area contributed by atoms with E-state index in [-0.39, 0.29) is 6.04 Å². The Kier molecular flexibility index (Phi) is 4.99. The number of sulfone groups is 1. The maximum atomic E-state index is 11.4. The Labute approximate surface area is 99.2 Å². The molecule has 4 heteroatoms. The summed E-state index contributed by atoms with van der Waals surface area (Å²) in [6, 6.07) is 0.276. The molecular formula is C12H23NO2S. The van der Waals surface area contributed by atoms with E-state index in [0.717, 1.165) is 31.4 Å². The van der Waals surface area contributed by atoms with Crippen LogP contribution in [0.3, 0.4) is 0 Å². The predicted molar refractivity (Wildman–Crippen MR) is 68.3 cm³/mol. The Morgan fingerprint density at radius 2 is 2.25 bits per heavy atom. The Morgan fingerprint density at radius 1 is 1.56 bits per heavy atom. The number of nitrogens with one attached hydrogen (secondary N) is 1. The zero-order valence-corrected chi connectivity index (χ0v) is 11.1. The normalized spacial score (nSPS) is 25.5. The van der Waals surface area contributed by atoms with Crippen LogP contribution < -0.4 is 5.32 Å². The first-order valence-electron chi connectivity index (χ1n) is 6.04. The molecule has 2 unspecified atom stereocenters. The third-order valence-electron chi connectivity index (χ3n) is 3.13. The van der Waals surface area contributed by atoms with Gasteiger partial charge in [-0.2, -0.15) is 0 Å². The monoisotopic (exact) mass is 245 g/mol. The molecule has 1 heterocycles. The molecule has 0 radical (unpaired) electrons. The highest BCUT2D eigenvalue weighted by atomic mass is 32.2. The smallest absolute Gasteiger partial charge is 0.150 e. The Hall–Kier alpha value is -0.350. The van der Waals surface area contributed by atoms with Gasteiger partial charge >= 0.3 is 0 Å². The molecule has 0 aromatic carbocycles. The molecule has 1 fully saturated rings. The molecule has 1 saturated heterocycles. The molecule has 0 aromatic heterocycles. The highest BCUT2D eigenvalue weighted by molar-refractivity contribution is 7.91. The minimum atomic E-state index is -2.74. The van der Waals surface area contributed by atoms with E-state index in [1.807, 2.05) is 6.92 Å². The van der Waals surface area contributed by atoms with Crippen LogP contribution in [0.5, 0.6) is 0 Å². The Balaban J connectivity index is 2.46. The Morgan fingerprint density at radius 3 is 2.69 bits per heavy atom. The molecule has 3 nitrogen and oxygen atoms in total. The van der Waals surface area contributed by atoms with Gasteiger partial charge in [0.05, 0.1) is 11.5 Å². The maximum absolute atomic E-state index is 11.4. The summed E-state index contributed by atoms with van der Waals surface area (Å²) in [5, 5.41) is 3.43. The Bertz CT molecular complexity index is 335. The summed E-state index contributed by atoms with van der Waals surface area (Å²) in [6.45, 7) is 9.08. The first kappa shape index (κ1) is 13.7. The minimum Gasteiger partial charge on any atom is -0.310 e. The van der Waals surface area contributed by atoms with Crippen LogP contribution in [0, 0.1) is 5.92 Å². The van der Waals surface area contributed by atoms with Gasteiger partial charge in [0.25, 0.3) is 0 Å². The van der Waals surface area contributed by atoms with Crippen molar-refractivity contribution in [2.75, 3.05) is 18.1 Å². The molecule has 2 atom stereocenters. The van der Waals surface area contributed by atoms with Gasteiger partial charge in [-0.05, 0) is 38.6 Å². The highest BCUT2D eigenvalue weighted by Crippen LogP contribution is 2.24. The van der Waals surface area contributed by atoms with Gasteiger partial charge in [-0.1, -0.05) is 19.1 Å². The van der Waals surface area contributed by atoms with Gasteiger partial charge in [0.2, 0.25) is 0 Å². The number of hydrogen-bond acceptors (Lipinski definition) is 3. The van der Waals surface area contributed by atoms with Crippen LogP contribution >= 0.6 is 0 Å². The summed E-state index contributed by atoms with van der Waals surface area (Å²) < 4.78 is 22.7. The van der Waals surface area contributed by atoms with Crippen molar-refractivity contribution in [3.63, 3.8) is 0 Å². The second kappa shape index (κ2) is 5.82. The lowest BCUT2D eigenvalue weighted by molar-refractivity contribution is 0.441. The average Bonchev–Trinajstić information content (AvgIpc) is 2.52. The first-order chi connectivity index (χ1) is 7.44. The van der Waals surface area contributed by atoms with Gasteiger partial charge in [-0.15, -0.1) is 0 Å². The maximum Gasteiger partial charge on any atom is 0.150 e. The van der Waals surface area contributed by atoms with Crippen LogP contribution in [-0.2, 0) is 9.84 Å². The number of hydrogen-bond donors (Lipinski definition) is 1. The molecule has 0 spiro atoms. The summed E-state index contributed by atoms with van der Waals surface area (Å²) >= 11 is 0. The van der Waals surface area contributed by atoms with Crippen molar-refractivity contribution < 1.29 is 8.42 Å². The summed E-state index contributed by atoms with van der Waals surface area (Å²) in [7, 11) is -2.74. The lowest BCUT2D eigenvalue weighted by atomic mass is 9.95. The second-order valence-corrected chi connectivity index (χ2v) is 7.09. The van der Waals surface area contributed by atoms with E-state index in [1.54, 1.807) is 0 Å². The van der Waals surface area contributed by atoms with Crippen molar-refractivity contribution in [1.29, 1.82) is 0 Å². The van der Waals surface area contributed by atoms with E-state index < -0.39 is 9.84 Å². The lowest BCUT2D eigenvalue weighted by Gasteiger charge is -2.21. The van der Waals surface area contributed by atoms with Crippen molar-refractivity contribution in [3.05, 3.63) is 12.2 Å². The van der Waals surface area contributed by atoms with Crippen LogP contribution in [0.2, 0.25) is 0 Å². The summed E-state index contributed by atoms with van der Waals surface area (Å²) in [4.78, 5) is 0. The largest absolute Gasteiger partial charge is 0.310 e. The standard InChI is InChI=1S/C12H23NO2S/c1-4-6-13-12(10(2)3)8-11-5-7-16(14,15)9-11/h11-13H,2,4-9H2,1,3H3. The lowest BCUT2D eigenvalue weighted by Crippen LogP contribution is -2.32. The van der Waals surface area contributed by atoms with E-state index in [9.17, 15) is 8.42 Å². The van der Waals surface area contributed by atoms with Gasteiger partial charge in [-0.3, -0.25) is 0 Å². The predicted octanol–water partition coefficient (Wildman–Crippen LogP) is 1.76. The summed E-state index contributed by atoms with van der Waals surface area (Å²) in [6.07, 6.45) is 2.82. The summed E-state index contributed by atoms with van der Waals surface area (Å²) in [5.41, 5.74) is 1.11. The van der Waals surface area contributed by atoms with Crippen LogP contribution in [0.15, 0.2) is 12.2 Å². The fourth-order valence-corrected chi connectivity index (χ4v) is 4.05. The SMILES string of the molecule is C=C(C)C(CC1CCS(=O)(=O)C1)NCCC. The van der Waals surface area contributed by atoms with Gasteiger partial charge in [-0.25, -0.2) is 8.42 Å². The third kappa shape index (κ3) is 4.26. The fraction of sp³-hybridized carbons (Fsp3) is 0.833. The molecular weight excluding hydrogens is 222 g/mol. The molecule has 1 aliphatic rings. The quantitative estimate of drug-likeness (QED) is 0.725. The molecule has 0 aromatic rings. The fourth-order valence-electron chi connectivity index (χ4n) is 2.17. The van der Waals surface area contributed by atoms with Crippen LogP contribution in [0.1, 0.15) is 33.1 Å². The average molecular weight is 245 g/mol. The van der Waals surface area contributed by atoms with E-state index in [1.165, 1.54) is 0 Å².